The van der Waals surface area contributed by atoms with Gasteiger partial charge in [0.15, 0.2) is 9.84 Å². The fourth-order valence-corrected chi connectivity index (χ4v) is 1.33. The Balaban J connectivity index is 3.12. The molecule has 0 bridgehead atoms. The van der Waals surface area contributed by atoms with Crippen molar-refractivity contribution >= 4 is 9.84 Å². The minimum Gasteiger partial charge on any atom is -0.422 e. The largest absolute Gasteiger partial charge is 0.422 e. The van der Waals surface area contributed by atoms with Crippen LogP contribution < -0.4 is 5.32 Å². The zero-order valence-corrected chi connectivity index (χ0v) is 10.9. The molecule has 0 saturated heterocycles. The molecule has 0 saturated carbocycles. The molecular weight excluding hydrogens is 230 g/mol. The Morgan fingerprint density at radius 3 is 2.38 bits per heavy atom. The average Bonchev–Trinajstić information content (AvgIpc) is 2.64. The summed E-state index contributed by atoms with van der Waals surface area (Å²) in [6.45, 7) is 4.94. The van der Waals surface area contributed by atoms with Crippen LogP contribution in [-0.4, -0.2) is 31.9 Å². The average molecular weight is 247 g/mol. The molecule has 6 nitrogen and oxygen atoms in total. The highest BCUT2D eigenvalue weighted by molar-refractivity contribution is 7.91. The Kier molecular flexibility index (Phi) is 3.39. The van der Waals surface area contributed by atoms with E-state index in [1.807, 2.05) is 6.92 Å². The van der Waals surface area contributed by atoms with Crippen LogP contribution >= 0.6 is 0 Å². The van der Waals surface area contributed by atoms with Crippen LogP contribution in [0.2, 0.25) is 0 Å². The topological polar surface area (TPSA) is 85.1 Å². The summed E-state index contributed by atoms with van der Waals surface area (Å²) in [6.07, 6.45) is 1.15. The molecule has 1 N–H and O–H groups in total. The molecule has 0 radical (unpaired) electrons. The van der Waals surface area contributed by atoms with E-state index in [0.29, 0.717) is 5.89 Å². The summed E-state index contributed by atoms with van der Waals surface area (Å²) >= 11 is 0. The van der Waals surface area contributed by atoms with Gasteiger partial charge in [0.05, 0.1) is 6.04 Å². The molecule has 1 heterocycles. The molecule has 1 unspecified atom stereocenters. The first-order chi connectivity index (χ1) is 7.20. The van der Waals surface area contributed by atoms with E-state index in [9.17, 15) is 8.42 Å². The highest BCUT2D eigenvalue weighted by Gasteiger charge is 2.38. The molecule has 0 aliphatic heterocycles. The molecule has 0 amide bonds. The fourth-order valence-electron chi connectivity index (χ4n) is 0.935. The van der Waals surface area contributed by atoms with Gasteiger partial charge in [-0.1, -0.05) is 0 Å². The summed E-state index contributed by atoms with van der Waals surface area (Å²) in [5.74, 6) is 0.501. The summed E-state index contributed by atoms with van der Waals surface area (Å²) in [4.78, 5) is 0. The van der Waals surface area contributed by atoms with Crippen LogP contribution in [0.15, 0.2) is 4.42 Å². The van der Waals surface area contributed by atoms with Gasteiger partial charge in [0.25, 0.3) is 0 Å². The minimum absolute atomic E-state index is 0.100. The normalized spacial score (nSPS) is 15.1. The number of sulfone groups is 1. The number of nitrogens with zero attached hydrogens (tertiary/aromatic N) is 2. The Hall–Kier alpha value is -0.950. The van der Waals surface area contributed by atoms with Crippen LogP contribution in [0.25, 0.3) is 0 Å². The predicted molar refractivity (Wildman–Crippen MR) is 59.6 cm³/mol. The van der Waals surface area contributed by atoms with Gasteiger partial charge in [0.1, 0.15) is 4.75 Å². The standard InChI is InChI=1S/C9H17N3O3S/c1-6(10-4)7-11-12-8(15-7)9(2,3)16(5,13)14/h6,10H,1-5H3. The summed E-state index contributed by atoms with van der Waals surface area (Å²) in [7, 11) is -1.53. The fraction of sp³-hybridized carbons (Fsp3) is 0.778. The Labute approximate surface area is 95.4 Å². The van der Waals surface area contributed by atoms with E-state index in [2.05, 4.69) is 15.5 Å². The molecule has 1 aromatic rings. The summed E-state index contributed by atoms with van der Waals surface area (Å²) < 4.78 is 27.3. The van der Waals surface area contributed by atoms with Crippen molar-refractivity contribution in [3.05, 3.63) is 11.8 Å². The van der Waals surface area contributed by atoms with Gasteiger partial charge in [-0.05, 0) is 27.8 Å². The highest BCUT2D eigenvalue weighted by atomic mass is 32.2. The van der Waals surface area contributed by atoms with E-state index in [4.69, 9.17) is 4.42 Å². The van der Waals surface area contributed by atoms with Gasteiger partial charge in [-0.25, -0.2) is 8.42 Å². The van der Waals surface area contributed by atoms with Crippen LogP contribution in [0.5, 0.6) is 0 Å². The molecule has 7 heteroatoms. The Bertz CT molecular complexity index is 464. The van der Waals surface area contributed by atoms with Crippen molar-refractivity contribution in [3.63, 3.8) is 0 Å². The third-order valence-corrected chi connectivity index (χ3v) is 4.71. The van der Waals surface area contributed by atoms with Gasteiger partial charge in [-0.2, -0.15) is 0 Å². The summed E-state index contributed by atoms with van der Waals surface area (Å²) in [5.41, 5.74) is 0. The van der Waals surface area contributed by atoms with Crippen molar-refractivity contribution in [2.45, 2.75) is 31.6 Å². The van der Waals surface area contributed by atoms with Crippen molar-refractivity contribution in [2.24, 2.45) is 0 Å². The molecule has 0 fully saturated rings. The lowest BCUT2D eigenvalue weighted by Crippen LogP contribution is -2.28. The summed E-state index contributed by atoms with van der Waals surface area (Å²) in [6, 6.07) is -0.100. The van der Waals surface area contributed by atoms with Crippen LogP contribution in [0.3, 0.4) is 0 Å². The second-order valence-corrected chi connectivity index (χ2v) is 6.80. The van der Waals surface area contributed by atoms with Gasteiger partial charge < -0.3 is 9.73 Å². The van der Waals surface area contributed by atoms with E-state index in [1.165, 1.54) is 0 Å². The van der Waals surface area contributed by atoms with E-state index in [-0.39, 0.29) is 11.9 Å². The van der Waals surface area contributed by atoms with Crippen LogP contribution in [0.1, 0.15) is 38.6 Å². The zero-order valence-electron chi connectivity index (χ0n) is 10.1. The van der Waals surface area contributed by atoms with Crippen LogP contribution in [-0.2, 0) is 14.6 Å². The second kappa shape index (κ2) is 4.14. The smallest absolute Gasteiger partial charge is 0.237 e. The second-order valence-electron chi connectivity index (χ2n) is 4.24. The first kappa shape index (κ1) is 13.1. The van der Waals surface area contributed by atoms with Crippen molar-refractivity contribution in [1.29, 1.82) is 0 Å². The molecule has 92 valence electrons. The number of aromatic nitrogens is 2. The van der Waals surface area contributed by atoms with Gasteiger partial charge in [-0.3, -0.25) is 0 Å². The molecule has 0 spiro atoms. The van der Waals surface area contributed by atoms with Crippen molar-refractivity contribution in [3.8, 4) is 0 Å². The van der Waals surface area contributed by atoms with Gasteiger partial charge in [0.2, 0.25) is 11.8 Å². The van der Waals surface area contributed by atoms with Crippen molar-refractivity contribution in [1.82, 2.24) is 15.5 Å². The van der Waals surface area contributed by atoms with Gasteiger partial charge in [-0.15, -0.1) is 10.2 Å². The number of hydrogen-bond donors (Lipinski definition) is 1. The third kappa shape index (κ3) is 2.25. The maximum atomic E-state index is 11.6. The summed E-state index contributed by atoms with van der Waals surface area (Å²) in [5, 5.41) is 10.5. The van der Waals surface area contributed by atoms with E-state index in [0.717, 1.165) is 6.26 Å². The molecule has 0 aliphatic rings. The lowest BCUT2D eigenvalue weighted by atomic mass is 10.2. The van der Waals surface area contributed by atoms with E-state index < -0.39 is 14.6 Å². The highest BCUT2D eigenvalue weighted by Crippen LogP contribution is 2.28. The molecule has 1 rings (SSSR count). The lowest BCUT2D eigenvalue weighted by molar-refractivity contribution is 0.377. The zero-order chi connectivity index (χ0) is 12.6. The SMILES string of the molecule is CNC(C)c1nnc(C(C)(C)S(C)(=O)=O)o1. The number of rotatable bonds is 4. The number of nitrogens with one attached hydrogen (secondary N) is 1. The van der Waals surface area contributed by atoms with Gasteiger partial charge in [0, 0.05) is 6.26 Å². The molecular formula is C9H17N3O3S. The molecule has 1 aromatic heterocycles. The van der Waals surface area contributed by atoms with Crippen molar-refractivity contribution < 1.29 is 12.8 Å². The third-order valence-electron chi connectivity index (χ3n) is 2.69. The van der Waals surface area contributed by atoms with Crippen molar-refractivity contribution in [2.75, 3.05) is 13.3 Å². The Morgan fingerprint density at radius 2 is 1.94 bits per heavy atom. The van der Waals surface area contributed by atoms with E-state index in [1.54, 1.807) is 20.9 Å². The number of hydrogen-bond acceptors (Lipinski definition) is 6. The maximum Gasteiger partial charge on any atom is 0.237 e. The van der Waals surface area contributed by atoms with Crippen LogP contribution in [0, 0.1) is 0 Å². The van der Waals surface area contributed by atoms with Gasteiger partial charge >= 0.3 is 0 Å². The predicted octanol–water partition coefficient (Wildman–Crippen LogP) is 0.630. The first-order valence-electron chi connectivity index (χ1n) is 4.91. The first-order valence-corrected chi connectivity index (χ1v) is 6.80. The molecule has 1 atom stereocenters. The molecule has 0 aliphatic carbocycles. The molecule has 16 heavy (non-hydrogen) atoms. The minimum atomic E-state index is -3.29. The maximum absolute atomic E-state index is 11.6. The Morgan fingerprint density at radius 1 is 1.38 bits per heavy atom. The lowest BCUT2D eigenvalue weighted by Gasteiger charge is -2.17. The quantitative estimate of drug-likeness (QED) is 0.840. The van der Waals surface area contributed by atoms with Crippen LogP contribution in [0.4, 0.5) is 0 Å². The monoisotopic (exact) mass is 247 g/mol. The van der Waals surface area contributed by atoms with E-state index >= 15 is 0 Å². The molecule has 0 aromatic carbocycles.